The predicted molar refractivity (Wildman–Crippen MR) is 109 cm³/mol. The third kappa shape index (κ3) is 2.99. The molecule has 156 valence electrons. The largest absolute Gasteiger partial charge is 0.462 e. The number of ketones is 2. The van der Waals surface area contributed by atoms with Crippen LogP contribution in [-0.4, -0.2) is 52.6 Å². The highest BCUT2D eigenvalue weighted by Gasteiger charge is 2.43. The molecule has 0 amide bonds. The van der Waals surface area contributed by atoms with Crippen molar-refractivity contribution in [2.24, 2.45) is 7.05 Å². The van der Waals surface area contributed by atoms with E-state index in [4.69, 9.17) is 4.74 Å². The van der Waals surface area contributed by atoms with E-state index < -0.39 is 22.5 Å². The van der Waals surface area contributed by atoms with Crippen LogP contribution in [-0.2, 0) is 16.6 Å². The Morgan fingerprint density at radius 2 is 1.83 bits per heavy atom. The maximum Gasteiger partial charge on any atom is 0.340 e. The van der Waals surface area contributed by atoms with Gasteiger partial charge in [0, 0.05) is 32.9 Å². The Hall–Kier alpha value is -3.75. The number of nitro benzene ring substituents is 1. The molecule has 1 heterocycles. The van der Waals surface area contributed by atoms with Gasteiger partial charge in [0.15, 0.2) is 0 Å². The van der Waals surface area contributed by atoms with Crippen LogP contribution in [0.1, 0.15) is 44.6 Å². The van der Waals surface area contributed by atoms with E-state index in [0.717, 1.165) is 0 Å². The molecule has 1 aliphatic carbocycles. The van der Waals surface area contributed by atoms with Crippen LogP contribution in [0.2, 0.25) is 0 Å². The topological polar surface area (TPSA) is 112 Å². The summed E-state index contributed by atoms with van der Waals surface area (Å²) in [7, 11) is 5.01. The molecule has 0 N–H and O–H groups in total. The molecule has 1 aromatic carbocycles. The van der Waals surface area contributed by atoms with Crippen molar-refractivity contribution in [1.82, 2.24) is 9.47 Å². The minimum Gasteiger partial charge on any atom is -0.462 e. The van der Waals surface area contributed by atoms with E-state index >= 15 is 0 Å². The molecule has 0 saturated heterocycles. The van der Waals surface area contributed by atoms with Crippen LogP contribution in [0.3, 0.4) is 0 Å². The normalized spacial score (nSPS) is 13.4. The highest BCUT2D eigenvalue weighted by Crippen LogP contribution is 2.41. The SMILES string of the molecule is CCOC(=O)c1c2c(n(C)c1C)C(N(C)C)=C(c1ccccc1[N+](=O)[O-])C(=O)C2=O. The van der Waals surface area contributed by atoms with Crippen molar-refractivity contribution in [3.63, 3.8) is 0 Å². The highest BCUT2D eigenvalue weighted by atomic mass is 16.6. The average molecular weight is 411 g/mol. The van der Waals surface area contributed by atoms with E-state index in [1.165, 1.54) is 18.2 Å². The molecule has 9 nitrogen and oxygen atoms in total. The number of esters is 1. The Morgan fingerprint density at radius 1 is 1.20 bits per heavy atom. The van der Waals surface area contributed by atoms with Gasteiger partial charge in [-0.2, -0.15) is 0 Å². The van der Waals surface area contributed by atoms with Gasteiger partial charge < -0.3 is 14.2 Å². The number of nitro groups is 1. The van der Waals surface area contributed by atoms with Crippen LogP contribution in [0, 0.1) is 17.0 Å². The van der Waals surface area contributed by atoms with Crippen molar-refractivity contribution in [2.45, 2.75) is 13.8 Å². The van der Waals surface area contributed by atoms with E-state index in [2.05, 4.69) is 0 Å². The van der Waals surface area contributed by atoms with Crippen molar-refractivity contribution in [3.05, 3.63) is 62.5 Å². The fraction of sp³-hybridized carbons (Fsp3) is 0.286. The first-order chi connectivity index (χ1) is 14.1. The quantitative estimate of drug-likeness (QED) is 0.322. The molecule has 0 saturated carbocycles. The van der Waals surface area contributed by atoms with Crippen LogP contribution >= 0.6 is 0 Å². The number of Topliss-reactive ketones (excluding diaryl/α,β-unsaturated/α-hetero) is 2. The molecule has 1 aromatic heterocycles. The van der Waals surface area contributed by atoms with Gasteiger partial charge in [0.25, 0.3) is 5.69 Å². The first-order valence-corrected chi connectivity index (χ1v) is 9.24. The van der Waals surface area contributed by atoms with Crippen molar-refractivity contribution in [3.8, 4) is 0 Å². The maximum absolute atomic E-state index is 13.2. The zero-order valence-electron chi connectivity index (χ0n) is 17.3. The van der Waals surface area contributed by atoms with E-state index in [1.807, 2.05) is 0 Å². The molecule has 0 aliphatic heterocycles. The highest BCUT2D eigenvalue weighted by molar-refractivity contribution is 6.63. The fourth-order valence-electron chi connectivity index (χ4n) is 3.74. The number of hydrogen-bond acceptors (Lipinski definition) is 7. The Labute approximate surface area is 172 Å². The molecule has 0 bridgehead atoms. The van der Waals surface area contributed by atoms with Gasteiger partial charge in [-0.15, -0.1) is 0 Å². The molecule has 0 unspecified atom stereocenters. The number of carbonyl (C=O) groups is 3. The number of ether oxygens (including phenoxy) is 1. The van der Waals surface area contributed by atoms with Crippen LogP contribution in [0.4, 0.5) is 5.69 Å². The summed E-state index contributed by atoms with van der Waals surface area (Å²) in [4.78, 5) is 51.5. The third-order valence-corrected chi connectivity index (χ3v) is 5.11. The van der Waals surface area contributed by atoms with Crippen LogP contribution < -0.4 is 0 Å². The third-order valence-electron chi connectivity index (χ3n) is 5.11. The number of para-hydroxylation sites is 1. The summed E-state index contributed by atoms with van der Waals surface area (Å²) >= 11 is 0. The van der Waals surface area contributed by atoms with E-state index in [1.54, 1.807) is 50.5 Å². The second kappa shape index (κ2) is 7.58. The molecule has 0 radical (unpaired) electrons. The fourth-order valence-corrected chi connectivity index (χ4v) is 3.74. The number of benzene rings is 1. The van der Waals surface area contributed by atoms with Crippen LogP contribution in [0.15, 0.2) is 24.3 Å². The zero-order chi connectivity index (χ0) is 22.3. The summed E-state index contributed by atoms with van der Waals surface area (Å²) in [5, 5.41) is 11.6. The molecule has 3 rings (SSSR count). The van der Waals surface area contributed by atoms with Gasteiger partial charge in [0.2, 0.25) is 11.6 Å². The van der Waals surface area contributed by atoms with Crippen molar-refractivity contribution in [1.29, 1.82) is 0 Å². The van der Waals surface area contributed by atoms with Gasteiger partial charge >= 0.3 is 5.97 Å². The standard InChI is InChI=1S/C21H21N3O6/c1-6-30-21(27)14-11(2)23(5)18-16(14)20(26)19(25)15(17(18)22(3)4)12-9-7-8-10-13(12)24(28)29/h7-10H,6H2,1-5H3. The lowest BCUT2D eigenvalue weighted by atomic mass is 9.85. The Bertz CT molecular complexity index is 1140. The first-order valence-electron chi connectivity index (χ1n) is 9.24. The predicted octanol–water partition coefficient (Wildman–Crippen LogP) is 2.61. The van der Waals surface area contributed by atoms with Gasteiger partial charge in [-0.25, -0.2) is 4.79 Å². The molecule has 2 aromatic rings. The minimum absolute atomic E-state index is 0.0358. The van der Waals surface area contributed by atoms with E-state index in [0.29, 0.717) is 17.1 Å². The zero-order valence-corrected chi connectivity index (χ0v) is 17.3. The first kappa shape index (κ1) is 21.0. The number of hydrogen-bond donors (Lipinski definition) is 0. The molecule has 0 atom stereocenters. The second-order valence-corrected chi connectivity index (χ2v) is 7.01. The number of fused-ring (bicyclic) bond motifs is 1. The summed E-state index contributed by atoms with van der Waals surface area (Å²) in [5.41, 5.74) is 0.824. The average Bonchev–Trinajstić information content (AvgIpc) is 2.95. The molecular formula is C21H21N3O6. The molecule has 1 aliphatic rings. The lowest BCUT2D eigenvalue weighted by molar-refractivity contribution is -0.385. The van der Waals surface area contributed by atoms with Crippen LogP contribution in [0.25, 0.3) is 11.3 Å². The minimum atomic E-state index is -0.906. The Balaban J connectivity index is 2.47. The molecule has 0 fully saturated rings. The molecule has 9 heteroatoms. The summed E-state index contributed by atoms with van der Waals surface area (Å²) in [6.07, 6.45) is 0. The van der Waals surface area contributed by atoms with Gasteiger partial charge in [0.1, 0.15) is 0 Å². The smallest absolute Gasteiger partial charge is 0.340 e. The van der Waals surface area contributed by atoms with Crippen molar-refractivity contribution in [2.75, 3.05) is 20.7 Å². The monoisotopic (exact) mass is 411 g/mol. The van der Waals surface area contributed by atoms with E-state index in [9.17, 15) is 24.5 Å². The number of nitrogens with zero attached hydrogens (tertiary/aromatic N) is 3. The summed E-state index contributed by atoms with van der Waals surface area (Å²) < 4.78 is 6.73. The lowest BCUT2D eigenvalue weighted by Gasteiger charge is -2.26. The van der Waals surface area contributed by atoms with Crippen molar-refractivity contribution < 1.29 is 24.0 Å². The summed E-state index contributed by atoms with van der Waals surface area (Å²) in [6, 6.07) is 5.78. The Morgan fingerprint density at radius 3 is 2.40 bits per heavy atom. The summed E-state index contributed by atoms with van der Waals surface area (Å²) in [5.74, 6) is -2.49. The number of carbonyl (C=O) groups excluding carboxylic acids is 3. The van der Waals surface area contributed by atoms with Gasteiger partial charge in [-0.3, -0.25) is 19.7 Å². The molecule has 0 spiro atoms. The lowest BCUT2D eigenvalue weighted by Crippen LogP contribution is -2.30. The van der Waals surface area contributed by atoms with Gasteiger partial charge in [0.05, 0.1) is 45.2 Å². The van der Waals surface area contributed by atoms with Gasteiger partial charge in [-0.05, 0) is 19.9 Å². The van der Waals surface area contributed by atoms with Crippen molar-refractivity contribution >= 4 is 34.5 Å². The number of allylic oxidation sites excluding steroid dienone is 1. The second-order valence-electron chi connectivity index (χ2n) is 7.01. The van der Waals surface area contributed by atoms with Gasteiger partial charge in [-0.1, -0.05) is 12.1 Å². The summed E-state index contributed by atoms with van der Waals surface area (Å²) in [6.45, 7) is 3.41. The number of aromatic nitrogens is 1. The molecule has 30 heavy (non-hydrogen) atoms. The number of rotatable bonds is 5. The maximum atomic E-state index is 13.2. The molecular weight excluding hydrogens is 390 g/mol. The van der Waals surface area contributed by atoms with Crippen LogP contribution in [0.5, 0.6) is 0 Å². The van der Waals surface area contributed by atoms with E-state index in [-0.39, 0.29) is 34.6 Å². The Kier molecular flexibility index (Phi) is 5.30.